The van der Waals surface area contributed by atoms with Crippen molar-refractivity contribution in [1.82, 2.24) is 10.6 Å². The molecule has 1 atom stereocenters. The van der Waals surface area contributed by atoms with Crippen LogP contribution in [-0.2, 0) is 0 Å². The van der Waals surface area contributed by atoms with Gasteiger partial charge in [0.2, 0.25) is 0 Å². The van der Waals surface area contributed by atoms with Gasteiger partial charge in [-0.3, -0.25) is 0 Å². The number of amides is 2. The van der Waals surface area contributed by atoms with Gasteiger partial charge in [-0.05, 0) is 25.7 Å². The molecule has 0 aromatic rings. The van der Waals surface area contributed by atoms with Gasteiger partial charge >= 0.3 is 6.03 Å². The summed E-state index contributed by atoms with van der Waals surface area (Å²) in [5, 5.41) is 5.65. The van der Waals surface area contributed by atoms with E-state index in [1.807, 2.05) is 13.0 Å². The highest BCUT2D eigenvalue weighted by Crippen LogP contribution is 2.07. The van der Waals surface area contributed by atoms with E-state index < -0.39 is 0 Å². The average Bonchev–Trinajstić information content (AvgIpc) is 2.03. The van der Waals surface area contributed by atoms with Crippen LogP contribution >= 0.6 is 0 Å². The molecular weight excluding hydrogens is 176 g/mol. The summed E-state index contributed by atoms with van der Waals surface area (Å²) in [4.78, 5) is 11.3. The molecule has 0 heterocycles. The second-order valence-corrected chi connectivity index (χ2v) is 3.85. The lowest BCUT2D eigenvalue weighted by atomic mass is 10.0. The van der Waals surface area contributed by atoms with Crippen LogP contribution in [0, 0.1) is 5.92 Å². The van der Waals surface area contributed by atoms with Gasteiger partial charge in [0.1, 0.15) is 0 Å². The summed E-state index contributed by atoms with van der Waals surface area (Å²) in [6, 6.07) is 0.124. The van der Waals surface area contributed by atoms with Crippen LogP contribution in [0.15, 0.2) is 12.7 Å². The number of hydrogen-bond donors (Lipinski definition) is 2. The van der Waals surface area contributed by atoms with Crippen LogP contribution < -0.4 is 10.6 Å². The zero-order chi connectivity index (χ0) is 11.0. The number of nitrogens with one attached hydrogen (secondary N) is 2. The van der Waals surface area contributed by atoms with Crippen LogP contribution in [0.2, 0.25) is 0 Å². The smallest absolute Gasteiger partial charge is 0.315 e. The summed E-state index contributed by atoms with van der Waals surface area (Å²) in [6.45, 7) is 10.6. The Morgan fingerprint density at radius 1 is 1.50 bits per heavy atom. The largest absolute Gasteiger partial charge is 0.338 e. The highest BCUT2D eigenvalue weighted by Gasteiger charge is 2.11. The fraction of sp³-hybridized carbons (Fsp3) is 0.727. The van der Waals surface area contributed by atoms with Crippen LogP contribution in [0.25, 0.3) is 0 Å². The second kappa shape index (κ2) is 7.42. The maximum atomic E-state index is 11.3. The molecule has 0 bridgehead atoms. The molecule has 3 nitrogen and oxygen atoms in total. The lowest BCUT2D eigenvalue weighted by Gasteiger charge is -2.19. The molecule has 3 heteroatoms. The standard InChI is InChI=1S/C11H22N2O/c1-5-7-10(8-9(3)4)13-11(14)12-6-2/h5,9-10H,1,6-8H2,2-4H3,(H2,12,13,14). The molecule has 0 aliphatic carbocycles. The van der Waals surface area contributed by atoms with Gasteiger partial charge in [0, 0.05) is 12.6 Å². The second-order valence-electron chi connectivity index (χ2n) is 3.85. The first-order valence-electron chi connectivity index (χ1n) is 5.25. The molecule has 14 heavy (non-hydrogen) atoms. The minimum absolute atomic E-state index is 0.0833. The van der Waals surface area contributed by atoms with E-state index in [9.17, 15) is 4.79 Å². The predicted octanol–water partition coefficient (Wildman–Crippen LogP) is 2.30. The zero-order valence-corrected chi connectivity index (χ0v) is 9.47. The van der Waals surface area contributed by atoms with E-state index in [4.69, 9.17) is 0 Å². The molecule has 0 aromatic carbocycles. The number of rotatable bonds is 6. The Bertz CT molecular complexity index is 178. The monoisotopic (exact) mass is 198 g/mol. The molecule has 82 valence electrons. The number of carbonyl (C=O) groups is 1. The fourth-order valence-electron chi connectivity index (χ4n) is 1.38. The van der Waals surface area contributed by atoms with Crippen molar-refractivity contribution in [2.45, 2.75) is 39.7 Å². The molecule has 0 rings (SSSR count). The van der Waals surface area contributed by atoms with Gasteiger partial charge in [-0.2, -0.15) is 0 Å². The lowest BCUT2D eigenvalue weighted by molar-refractivity contribution is 0.235. The van der Waals surface area contributed by atoms with E-state index in [1.54, 1.807) is 0 Å². The maximum absolute atomic E-state index is 11.3. The van der Waals surface area contributed by atoms with Crippen molar-refractivity contribution in [3.05, 3.63) is 12.7 Å². The molecule has 1 unspecified atom stereocenters. The molecule has 0 spiro atoms. The Balaban J connectivity index is 3.94. The van der Waals surface area contributed by atoms with E-state index in [-0.39, 0.29) is 12.1 Å². The number of hydrogen-bond acceptors (Lipinski definition) is 1. The highest BCUT2D eigenvalue weighted by atomic mass is 16.2. The van der Waals surface area contributed by atoms with Crippen molar-refractivity contribution in [1.29, 1.82) is 0 Å². The minimum atomic E-state index is -0.0833. The minimum Gasteiger partial charge on any atom is -0.338 e. The van der Waals surface area contributed by atoms with Gasteiger partial charge in [-0.15, -0.1) is 6.58 Å². The summed E-state index contributed by atoms with van der Waals surface area (Å²) in [6.07, 6.45) is 3.66. The van der Waals surface area contributed by atoms with Crippen LogP contribution in [0.1, 0.15) is 33.6 Å². The van der Waals surface area contributed by atoms with E-state index in [2.05, 4.69) is 31.1 Å². The molecule has 0 saturated carbocycles. The molecular formula is C11H22N2O. The lowest BCUT2D eigenvalue weighted by Crippen LogP contribution is -2.42. The quantitative estimate of drug-likeness (QED) is 0.632. The van der Waals surface area contributed by atoms with E-state index in [0.29, 0.717) is 12.5 Å². The van der Waals surface area contributed by atoms with Crippen LogP contribution in [0.4, 0.5) is 4.79 Å². The van der Waals surface area contributed by atoms with Crippen molar-refractivity contribution in [2.24, 2.45) is 5.92 Å². The van der Waals surface area contributed by atoms with Gasteiger partial charge < -0.3 is 10.6 Å². The Kier molecular flexibility index (Phi) is 6.89. The molecule has 0 radical (unpaired) electrons. The molecule has 0 saturated heterocycles. The summed E-state index contributed by atoms with van der Waals surface area (Å²) < 4.78 is 0. The molecule has 0 aromatic heterocycles. The summed E-state index contributed by atoms with van der Waals surface area (Å²) >= 11 is 0. The first-order valence-corrected chi connectivity index (χ1v) is 5.25. The van der Waals surface area contributed by atoms with Gasteiger partial charge in [-0.1, -0.05) is 19.9 Å². The normalized spacial score (nSPS) is 12.3. The summed E-state index contributed by atoms with van der Waals surface area (Å²) in [7, 11) is 0. The first-order chi connectivity index (χ1) is 6.60. The van der Waals surface area contributed by atoms with Crippen molar-refractivity contribution in [3.63, 3.8) is 0 Å². The SMILES string of the molecule is C=CCC(CC(C)C)NC(=O)NCC. The molecule has 0 aliphatic rings. The molecule has 2 N–H and O–H groups in total. The van der Waals surface area contributed by atoms with Crippen molar-refractivity contribution in [3.8, 4) is 0 Å². The average molecular weight is 198 g/mol. The molecule has 2 amide bonds. The summed E-state index contributed by atoms with van der Waals surface area (Å²) in [5.74, 6) is 0.585. The zero-order valence-electron chi connectivity index (χ0n) is 9.47. The van der Waals surface area contributed by atoms with Crippen LogP contribution in [0.3, 0.4) is 0 Å². The Morgan fingerprint density at radius 3 is 2.57 bits per heavy atom. The van der Waals surface area contributed by atoms with Gasteiger partial charge in [0.05, 0.1) is 0 Å². The van der Waals surface area contributed by atoms with Gasteiger partial charge in [0.25, 0.3) is 0 Å². The van der Waals surface area contributed by atoms with Crippen molar-refractivity contribution < 1.29 is 4.79 Å². The third-order valence-corrected chi connectivity index (χ3v) is 1.88. The van der Waals surface area contributed by atoms with Crippen molar-refractivity contribution >= 4 is 6.03 Å². The van der Waals surface area contributed by atoms with Crippen molar-refractivity contribution in [2.75, 3.05) is 6.54 Å². The molecule has 0 fully saturated rings. The van der Waals surface area contributed by atoms with E-state index in [1.165, 1.54) is 0 Å². The fourth-order valence-corrected chi connectivity index (χ4v) is 1.38. The highest BCUT2D eigenvalue weighted by molar-refractivity contribution is 5.74. The third kappa shape index (κ3) is 6.52. The number of carbonyl (C=O) groups excluding carboxylic acids is 1. The Labute approximate surface area is 87.0 Å². The molecule has 0 aliphatic heterocycles. The van der Waals surface area contributed by atoms with Gasteiger partial charge in [-0.25, -0.2) is 4.79 Å². The van der Waals surface area contributed by atoms with Gasteiger partial charge in [0.15, 0.2) is 0 Å². The summed E-state index contributed by atoms with van der Waals surface area (Å²) in [5.41, 5.74) is 0. The maximum Gasteiger partial charge on any atom is 0.315 e. The van der Waals surface area contributed by atoms with Crippen LogP contribution in [-0.4, -0.2) is 18.6 Å². The Morgan fingerprint density at radius 2 is 2.14 bits per heavy atom. The first kappa shape index (κ1) is 13.0. The third-order valence-electron chi connectivity index (χ3n) is 1.88. The predicted molar refractivity (Wildman–Crippen MR) is 60.3 cm³/mol. The van der Waals surface area contributed by atoms with Crippen LogP contribution in [0.5, 0.6) is 0 Å². The Hall–Kier alpha value is -0.990. The number of urea groups is 1. The topological polar surface area (TPSA) is 41.1 Å². The van der Waals surface area contributed by atoms with E-state index in [0.717, 1.165) is 12.8 Å². The van der Waals surface area contributed by atoms with E-state index >= 15 is 0 Å².